The van der Waals surface area contributed by atoms with E-state index in [4.69, 9.17) is 4.74 Å². The van der Waals surface area contributed by atoms with Crippen molar-refractivity contribution in [2.75, 3.05) is 20.2 Å². The van der Waals surface area contributed by atoms with Crippen LogP contribution in [0.15, 0.2) is 24.3 Å². The molecule has 4 amide bonds. The first-order valence-corrected chi connectivity index (χ1v) is 13.0. The van der Waals surface area contributed by atoms with Crippen molar-refractivity contribution in [1.82, 2.24) is 20.4 Å². The molecule has 10 nitrogen and oxygen atoms in total. The van der Waals surface area contributed by atoms with Crippen LogP contribution < -0.4 is 15.4 Å². The highest BCUT2D eigenvalue weighted by Gasteiger charge is 2.43. The molecule has 3 rings (SSSR count). The predicted molar refractivity (Wildman–Crippen MR) is 138 cm³/mol. The number of nitrogens with zero attached hydrogens (tertiary/aromatic N) is 2. The molecule has 1 aromatic rings. The summed E-state index contributed by atoms with van der Waals surface area (Å²) in [4.78, 5) is 55.0. The first kappa shape index (κ1) is 28.4. The second-order valence-corrected chi connectivity index (χ2v) is 10.6. The lowest BCUT2D eigenvalue weighted by atomic mass is 10.1. The Morgan fingerprint density at radius 1 is 1.22 bits per heavy atom. The van der Waals surface area contributed by atoms with Gasteiger partial charge in [0.15, 0.2) is 6.61 Å². The number of rotatable bonds is 11. The topological polar surface area (TPSA) is 128 Å². The molecule has 0 bridgehead atoms. The van der Waals surface area contributed by atoms with Crippen LogP contribution in [-0.4, -0.2) is 88.5 Å². The van der Waals surface area contributed by atoms with Crippen molar-refractivity contribution in [1.29, 1.82) is 0 Å². The lowest BCUT2D eigenvalue weighted by molar-refractivity contribution is -0.145. The zero-order chi connectivity index (χ0) is 27.3. The normalized spacial score (nSPS) is 20.8. The van der Waals surface area contributed by atoms with E-state index in [9.17, 15) is 24.3 Å². The minimum Gasteiger partial charge on any atom is -0.483 e. The third-order valence-electron chi connectivity index (χ3n) is 7.08. The van der Waals surface area contributed by atoms with E-state index in [-0.39, 0.29) is 54.3 Å². The van der Waals surface area contributed by atoms with Crippen molar-refractivity contribution in [3.63, 3.8) is 0 Å². The number of benzene rings is 1. The Kier molecular flexibility index (Phi) is 9.17. The molecule has 2 aliphatic rings. The Hall–Kier alpha value is -3.14. The Bertz CT molecular complexity index is 1010. The van der Waals surface area contributed by atoms with Gasteiger partial charge in [-0.25, -0.2) is 0 Å². The molecule has 0 radical (unpaired) electrons. The highest BCUT2D eigenvalue weighted by Crippen LogP contribution is 2.34. The van der Waals surface area contributed by atoms with E-state index in [1.165, 1.54) is 4.90 Å². The van der Waals surface area contributed by atoms with Gasteiger partial charge in [0.1, 0.15) is 17.8 Å². The van der Waals surface area contributed by atoms with Gasteiger partial charge in [-0.3, -0.25) is 19.2 Å². The predicted octanol–water partition coefficient (Wildman–Crippen LogP) is 1.46. The first-order valence-electron chi connectivity index (χ1n) is 13.0. The minimum atomic E-state index is -0.881. The fourth-order valence-corrected chi connectivity index (χ4v) is 4.37. The van der Waals surface area contributed by atoms with E-state index in [1.54, 1.807) is 36.2 Å². The second-order valence-electron chi connectivity index (χ2n) is 10.6. The van der Waals surface area contributed by atoms with Crippen molar-refractivity contribution in [2.45, 2.75) is 89.6 Å². The van der Waals surface area contributed by atoms with E-state index >= 15 is 0 Å². The van der Waals surface area contributed by atoms with Crippen LogP contribution in [0.2, 0.25) is 0 Å². The van der Waals surface area contributed by atoms with Crippen LogP contribution in [0.4, 0.5) is 0 Å². The van der Waals surface area contributed by atoms with Crippen LogP contribution in [0.5, 0.6) is 5.75 Å². The van der Waals surface area contributed by atoms with Crippen molar-refractivity contribution in [2.24, 2.45) is 0 Å². The van der Waals surface area contributed by atoms with Crippen molar-refractivity contribution in [3.8, 4) is 5.75 Å². The number of ether oxygens (including phenoxy) is 1. The number of carbonyl (C=O) groups is 4. The van der Waals surface area contributed by atoms with Crippen LogP contribution >= 0.6 is 0 Å². The van der Waals surface area contributed by atoms with Gasteiger partial charge < -0.3 is 30.3 Å². The van der Waals surface area contributed by atoms with Gasteiger partial charge in [0.05, 0.1) is 11.7 Å². The molecule has 2 fully saturated rings. The van der Waals surface area contributed by atoms with Gasteiger partial charge in [-0.2, -0.15) is 0 Å². The Balaban J connectivity index is 1.71. The highest BCUT2D eigenvalue weighted by atomic mass is 16.5. The number of β-amino-alcohol motifs (C(OH)–C–C–N with tert-alkyl or cyclic N) is 1. The van der Waals surface area contributed by atoms with Gasteiger partial charge >= 0.3 is 0 Å². The Morgan fingerprint density at radius 2 is 1.89 bits per heavy atom. The molecule has 37 heavy (non-hydrogen) atoms. The van der Waals surface area contributed by atoms with E-state index < -0.39 is 30.0 Å². The molecule has 204 valence electrons. The maximum atomic E-state index is 13.5. The van der Waals surface area contributed by atoms with Gasteiger partial charge in [-0.05, 0) is 52.2 Å². The third-order valence-corrected chi connectivity index (χ3v) is 7.08. The second kappa shape index (κ2) is 11.9. The zero-order valence-corrected chi connectivity index (χ0v) is 22.5. The Morgan fingerprint density at radius 3 is 2.51 bits per heavy atom. The highest BCUT2D eigenvalue weighted by molar-refractivity contribution is 6.00. The standard InChI is InChI=1S/C27H40N4O6/c1-6-9-20(25(35)31-15-18(32)14-21(31)26(36)30(5)17(2)3)28-24(34)19-10-7-8-11-22(19)37-16-23(33)29-27(4)12-13-27/h7-8,10-11,17-18,20-21,32H,6,9,12-16H2,1-5H3,(H,28,34)(H,29,33)/t18-,20+,21+/m0/s1. The van der Waals surface area contributed by atoms with Crippen LogP contribution in [0, 0.1) is 0 Å². The summed E-state index contributed by atoms with van der Waals surface area (Å²) in [6.07, 6.45) is 2.19. The fourth-order valence-electron chi connectivity index (χ4n) is 4.37. The van der Waals surface area contributed by atoms with Gasteiger partial charge in [0.25, 0.3) is 11.8 Å². The quantitative estimate of drug-likeness (QED) is 0.409. The van der Waals surface area contributed by atoms with Crippen molar-refractivity contribution in [3.05, 3.63) is 29.8 Å². The summed E-state index contributed by atoms with van der Waals surface area (Å²) < 4.78 is 5.66. The fraction of sp³-hybridized carbons (Fsp3) is 0.630. The van der Waals surface area contributed by atoms with Crippen LogP contribution in [-0.2, 0) is 14.4 Å². The third kappa shape index (κ3) is 7.21. The molecule has 1 aliphatic heterocycles. The molecule has 1 aromatic carbocycles. The lowest BCUT2D eigenvalue weighted by Crippen LogP contribution is -2.54. The molecule has 0 spiro atoms. The van der Waals surface area contributed by atoms with Gasteiger partial charge in [0.2, 0.25) is 11.8 Å². The number of aliphatic hydroxyl groups is 1. The van der Waals surface area contributed by atoms with Crippen molar-refractivity contribution >= 4 is 23.6 Å². The Labute approximate surface area is 218 Å². The largest absolute Gasteiger partial charge is 0.483 e. The maximum Gasteiger partial charge on any atom is 0.258 e. The molecule has 3 atom stereocenters. The lowest BCUT2D eigenvalue weighted by Gasteiger charge is -2.32. The molecule has 10 heteroatoms. The van der Waals surface area contributed by atoms with Crippen LogP contribution in [0.25, 0.3) is 0 Å². The number of likely N-dealkylation sites (N-methyl/N-ethyl adjacent to an activating group) is 1. The average molecular weight is 517 g/mol. The summed E-state index contributed by atoms with van der Waals surface area (Å²) in [6.45, 7) is 7.43. The summed E-state index contributed by atoms with van der Waals surface area (Å²) in [7, 11) is 1.67. The molecule has 1 saturated heterocycles. The van der Waals surface area contributed by atoms with E-state index in [0.29, 0.717) is 12.8 Å². The minimum absolute atomic E-state index is 0.0327. The molecular weight excluding hydrogens is 476 g/mol. The first-order chi connectivity index (χ1) is 17.5. The molecule has 0 aromatic heterocycles. The monoisotopic (exact) mass is 516 g/mol. The number of aliphatic hydroxyl groups excluding tert-OH is 1. The number of hydrogen-bond donors (Lipinski definition) is 3. The number of para-hydroxylation sites is 1. The summed E-state index contributed by atoms with van der Waals surface area (Å²) in [5.41, 5.74) is 0.0349. The molecule has 1 saturated carbocycles. The summed E-state index contributed by atoms with van der Waals surface area (Å²) in [5, 5.41) is 16.0. The van der Waals surface area contributed by atoms with Crippen molar-refractivity contribution < 1.29 is 29.0 Å². The maximum absolute atomic E-state index is 13.5. The van der Waals surface area contributed by atoms with E-state index in [0.717, 1.165) is 12.8 Å². The molecule has 0 unspecified atom stereocenters. The van der Waals surface area contributed by atoms with E-state index in [1.807, 2.05) is 27.7 Å². The molecule has 1 aliphatic carbocycles. The number of hydrogen-bond acceptors (Lipinski definition) is 6. The smallest absolute Gasteiger partial charge is 0.258 e. The van der Waals surface area contributed by atoms with E-state index in [2.05, 4.69) is 10.6 Å². The number of amides is 4. The number of likely N-dealkylation sites (tertiary alicyclic amines) is 1. The summed E-state index contributed by atoms with van der Waals surface area (Å²) in [6, 6.07) is 4.83. The summed E-state index contributed by atoms with van der Waals surface area (Å²) >= 11 is 0. The van der Waals surface area contributed by atoms with Crippen LogP contribution in [0.3, 0.4) is 0 Å². The summed E-state index contributed by atoms with van der Waals surface area (Å²) in [5.74, 6) is -1.18. The number of nitrogens with one attached hydrogen (secondary N) is 2. The van der Waals surface area contributed by atoms with Gasteiger partial charge in [-0.15, -0.1) is 0 Å². The average Bonchev–Trinajstić information content (AvgIpc) is 3.45. The molecular formula is C27H40N4O6. The molecule has 1 heterocycles. The van der Waals surface area contributed by atoms with Gasteiger partial charge in [0, 0.05) is 31.6 Å². The zero-order valence-electron chi connectivity index (χ0n) is 22.5. The SMILES string of the molecule is CCC[C@@H](NC(=O)c1ccccc1OCC(=O)NC1(C)CC1)C(=O)N1C[C@@H](O)C[C@@H]1C(=O)N(C)C(C)C. The number of carbonyl (C=O) groups excluding carboxylic acids is 4. The van der Waals surface area contributed by atoms with Gasteiger partial charge in [-0.1, -0.05) is 25.5 Å². The molecule has 3 N–H and O–H groups in total. The van der Waals surface area contributed by atoms with Crippen LogP contribution in [0.1, 0.15) is 70.2 Å².